The molecule has 3 aromatic carbocycles. The van der Waals surface area contributed by atoms with Gasteiger partial charge in [0.15, 0.2) is 0 Å². The van der Waals surface area contributed by atoms with E-state index in [1.54, 1.807) is 24.3 Å². The lowest BCUT2D eigenvalue weighted by molar-refractivity contribution is -0.137. The Labute approximate surface area is 186 Å². The van der Waals surface area contributed by atoms with Gasteiger partial charge in [-0.05, 0) is 42.8 Å². The monoisotopic (exact) mass is 455 g/mol. The lowest BCUT2D eigenvalue weighted by atomic mass is 9.95. The Morgan fingerprint density at radius 3 is 2.18 bits per heavy atom. The standard InChI is InChI=1S/C25H17F4NO3/c1-14-5-7-16(8-6-14)22(31)20-21(15-9-11-18(26)12-10-15)30(24(33)23(20)32)19-4-2-3-17(13-19)25(27,28)29/h2-13,21,31H,1H3/b22-20+/t21-/m1/s1. The number of Topliss-reactive ketones (excluding diaryl/α,β-unsaturated/α-hetero) is 1. The molecule has 1 aliphatic heterocycles. The zero-order valence-corrected chi connectivity index (χ0v) is 17.2. The van der Waals surface area contributed by atoms with Gasteiger partial charge in [-0.25, -0.2) is 4.39 Å². The van der Waals surface area contributed by atoms with Crippen LogP contribution >= 0.6 is 0 Å². The molecule has 1 atom stereocenters. The second-order valence-electron chi connectivity index (χ2n) is 7.63. The van der Waals surface area contributed by atoms with Crippen molar-refractivity contribution in [3.63, 3.8) is 0 Å². The van der Waals surface area contributed by atoms with E-state index in [9.17, 15) is 32.3 Å². The van der Waals surface area contributed by atoms with Crippen LogP contribution in [0.2, 0.25) is 0 Å². The minimum absolute atomic E-state index is 0.177. The molecule has 0 radical (unpaired) electrons. The molecular weight excluding hydrogens is 438 g/mol. The van der Waals surface area contributed by atoms with Crippen molar-refractivity contribution in [3.8, 4) is 0 Å². The topological polar surface area (TPSA) is 57.6 Å². The summed E-state index contributed by atoms with van der Waals surface area (Å²) in [6, 6.07) is 14.1. The number of aliphatic hydroxyl groups is 1. The first kappa shape index (κ1) is 22.3. The van der Waals surface area contributed by atoms with E-state index in [4.69, 9.17) is 0 Å². The summed E-state index contributed by atoms with van der Waals surface area (Å²) < 4.78 is 53.4. The normalized spacial score (nSPS) is 18.1. The highest BCUT2D eigenvalue weighted by Crippen LogP contribution is 2.43. The number of benzene rings is 3. The number of rotatable bonds is 3. The fraction of sp³-hybridized carbons (Fsp3) is 0.120. The number of halogens is 4. The molecule has 0 spiro atoms. The molecule has 4 rings (SSSR count). The van der Waals surface area contributed by atoms with E-state index >= 15 is 0 Å². The van der Waals surface area contributed by atoms with Crippen LogP contribution in [0.5, 0.6) is 0 Å². The van der Waals surface area contributed by atoms with Crippen molar-refractivity contribution >= 4 is 23.1 Å². The first-order valence-electron chi connectivity index (χ1n) is 9.88. The van der Waals surface area contributed by atoms with E-state index in [0.717, 1.165) is 40.8 Å². The second kappa shape index (κ2) is 8.20. The maximum Gasteiger partial charge on any atom is 0.416 e. The number of alkyl halides is 3. The van der Waals surface area contributed by atoms with Gasteiger partial charge in [0.05, 0.1) is 17.2 Å². The lowest BCUT2D eigenvalue weighted by Crippen LogP contribution is -2.29. The molecule has 0 aromatic heterocycles. The number of aliphatic hydroxyl groups excluding tert-OH is 1. The molecule has 1 fully saturated rings. The van der Waals surface area contributed by atoms with E-state index in [-0.39, 0.29) is 22.4 Å². The number of carbonyl (C=O) groups excluding carboxylic acids is 2. The van der Waals surface area contributed by atoms with Crippen LogP contribution in [0, 0.1) is 12.7 Å². The van der Waals surface area contributed by atoms with Crippen molar-refractivity contribution in [2.24, 2.45) is 0 Å². The molecule has 3 aromatic rings. The van der Waals surface area contributed by atoms with Crippen LogP contribution in [0.15, 0.2) is 78.4 Å². The van der Waals surface area contributed by atoms with E-state index in [1.807, 2.05) is 6.92 Å². The molecular formula is C25H17F4NO3. The molecule has 1 saturated heterocycles. The van der Waals surface area contributed by atoms with Gasteiger partial charge in [0.1, 0.15) is 11.6 Å². The number of ketones is 1. The van der Waals surface area contributed by atoms with Gasteiger partial charge >= 0.3 is 6.18 Å². The van der Waals surface area contributed by atoms with Crippen molar-refractivity contribution in [2.75, 3.05) is 4.90 Å². The van der Waals surface area contributed by atoms with E-state index in [2.05, 4.69) is 0 Å². The lowest BCUT2D eigenvalue weighted by Gasteiger charge is -2.26. The molecule has 1 heterocycles. The summed E-state index contributed by atoms with van der Waals surface area (Å²) in [4.78, 5) is 26.9. The van der Waals surface area contributed by atoms with Crippen molar-refractivity contribution < 1.29 is 32.3 Å². The maximum atomic E-state index is 13.6. The van der Waals surface area contributed by atoms with Crippen LogP contribution in [-0.2, 0) is 15.8 Å². The highest BCUT2D eigenvalue weighted by atomic mass is 19.4. The Hall–Kier alpha value is -3.94. The smallest absolute Gasteiger partial charge is 0.416 e. The summed E-state index contributed by atoms with van der Waals surface area (Å²) in [6.45, 7) is 1.83. The van der Waals surface area contributed by atoms with Crippen molar-refractivity contribution in [1.29, 1.82) is 0 Å². The summed E-state index contributed by atoms with van der Waals surface area (Å²) in [7, 11) is 0. The fourth-order valence-electron chi connectivity index (χ4n) is 3.76. The Balaban J connectivity index is 1.94. The molecule has 0 aliphatic carbocycles. The zero-order chi connectivity index (χ0) is 23.9. The maximum absolute atomic E-state index is 13.6. The summed E-state index contributed by atoms with van der Waals surface area (Å²) in [6.07, 6.45) is -4.67. The van der Waals surface area contributed by atoms with Crippen molar-refractivity contribution in [1.82, 2.24) is 0 Å². The third-order valence-corrected chi connectivity index (χ3v) is 5.41. The van der Waals surface area contributed by atoms with Gasteiger partial charge in [0.25, 0.3) is 11.7 Å². The van der Waals surface area contributed by atoms with Crippen LogP contribution in [0.3, 0.4) is 0 Å². The number of nitrogens with zero attached hydrogens (tertiary/aromatic N) is 1. The highest BCUT2D eigenvalue weighted by molar-refractivity contribution is 6.51. The number of aryl methyl sites for hydroxylation is 1. The van der Waals surface area contributed by atoms with E-state index in [1.165, 1.54) is 18.2 Å². The molecule has 1 N–H and O–H groups in total. The number of anilines is 1. The van der Waals surface area contributed by atoms with Crippen LogP contribution in [0.25, 0.3) is 5.76 Å². The summed E-state index contributed by atoms with van der Waals surface area (Å²) in [5, 5.41) is 11.0. The Morgan fingerprint density at radius 1 is 0.939 bits per heavy atom. The number of carbonyl (C=O) groups is 2. The number of hydrogen-bond acceptors (Lipinski definition) is 3. The van der Waals surface area contributed by atoms with Gasteiger partial charge in [0.2, 0.25) is 0 Å². The SMILES string of the molecule is Cc1ccc(/C(O)=C2\C(=O)C(=O)N(c3cccc(C(F)(F)F)c3)[C@@H]2c2ccc(F)cc2)cc1. The van der Waals surface area contributed by atoms with Gasteiger partial charge in [-0.1, -0.05) is 48.0 Å². The van der Waals surface area contributed by atoms with Gasteiger partial charge in [0, 0.05) is 11.3 Å². The zero-order valence-electron chi connectivity index (χ0n) is 17.2. The molecule has 4 nitrogen and oxygen atoms in total. The summed E-state index contributed by atoms with van der Waals surface area (Å²) in [5.74, 6) is -3.21. The first-order valence-corrected chi connectivity index (χ1v) is 9.88. The molecule has 1 amide bonds. The molecule has 0 saturated carbocycles. The predicted octanol–water partition coefficient (Wildman–Crippen LogP) is 5.78. The van der Waals surface area contributed by atoms with Crippen molar-refractivity contribution in [3.05, 3.63) is 106 Å². The van der Waals surface area contributed by atoms with Crippen LogP contribution in [-0.4, -0.2) is 16.8 Å². The first-order chi connectivity index (χ1) is 15.6. The van der Waals surface area contributed by atoms with Gasteiger partial charge in [-0.3, -0.25) is 14.5 Å². The predicted molar refractivity (Wildman–Crippen MR) is 114 cm³/mol. The molecule has 168 valence electrons. The second-order valence-corrected chi connectivity index (χ2v) is 7.63. The molecule has 8 heteroatoms. The van der Waals surface area contributed by atoms with Crippen LogP contribution < -0.4 is 4.90 Å². The summed E-state index contributed by atoms with van der Waals surface area (Å²) >= 11 is 0. The van der Waals surface area contributed by atoms with E-state index < -0.39 is 41.0 Å². The average Bonchev–Trinajstić information content (AvgIpc) is 3.04. The Kier molecular flexibility index (Phi) is 5.53. The largest absolute Gasteiger partial charge is 0.507 e. The third-order valence-electron chi connectivity index (χ3n) is 5.41. The molecule has 33 heavy (non-hydrogen) atoms. The van der Waals surface area contributed by atoms with Gasteiger partial charge in [-0.15, -0.1) is 0 Å². The average molecular weight is 455 g/mol. The van der Waals surface area contributed by atoms with Gasteiger partial charge in [-0.2, -0.15) is 13.2 Å². The number of hydrogen-bond donors (Lipinski definition) is 1. The van der Waals surface area contributed by atoms with Crippen molar-refractivity contribution in [2.45, 2.75) is 19.1 Å². The molecule has 0 unspecified atom stereocenters. The van der Waals surface area contributed by atoms with Crippen LogP contribution in [0.1, 0.15) is 28.3 Å². The van der Waals surface area contributed by atoms with E-state index in [0.29, 0.717) is 0 Å². The minimum atomic E-state index is -4.67. The molecule has 0 bridgehead atoms. The molecule has 1 aliphatic rings. The Bertz CT molecular complexity index is 1260. The van der Waals surface area contributed by atoms with Gasteiger partial charge < -0.3 is 5.11 Å². The highest BCUT2D eigenvalue weighted by Gasteiger charge is 2.47. The quantitative estimate of drug-likeness (QED) is 0.236. The Morgan fingerprint density at radius 2 is 1.58 bits per heavy atom. The minimum Gasteiger partial charge on any atom is -0.507 e. The fourth-order valence-corrected chi connectivity index (χ4v) is 3.76. The third kappa shape index (κ3) is 4.11. The summed E-state index contributed by atoms with van der Waals surface area (Å²) in [5.41, 5.74) is -0.0714. The van der Waals surface area contributed by atoms with Crippen LogP contribution in [0.4, 0.5) is 23.2 Å². The number of amides is 1.